The number of rotatable bonds is 5. The first-order valence-corrected chi connectivity index (χ1v) is 7.19. The van der Waals surface area contributed by atoms with Crippen LogP contribution >= 0.6 is 11.6 Å². The maximum atomic E-state index is 9.28. The van der Waals surface area contributed by atoms with Crippen LogP contribution in [0.1, 0.15) is 23.6 Å². The summed E-state index contributed by atoms with van der Waals surface area (Å²) >= 11 is 6.16. The normalized spacial score (nSPS) is 10.2. The fourth-order valence-corrected chi connectivity index (χ4v) is 2.21. The summed E-state index contributed by atoms with van der Waals surface area (Å²) in [5, 5.41) is 13.0. The lowest BCUT2D eigenvalue weighted by Gasteiger charge is -2.11. The molecule has 3 nitrogen and oxygen atoms in total. The van der Waals surface area contributed by atoms with Crippen molar-refractivity contribution >= 4 is 11.6 Å². The molecule has 108 valence electrons. The fraction of sp³-hybridized carbons (Fsp3) is 0.235. The Morgan fingerprint density at radius 3 is 2.62 bits per heavy atom. The van der Waals surface area contributed by atoms with E-state index in [9.17, 15) is 5.26 Å². The molecule has 1 N–H and O–H groups in total. The van der Waals surface area contributed by atoms with E-state index in [1.807, 2.05) is 44.2 Å². The monoisotopic (exact) mass is 300 g/mol. The molecule has 0 atom stereocenters. The first kappa shape index (κ1) is 15.4. The summed E-state index contributed by atoms with van der Waals surface area (Å²) in [7, 11) is 0. The van der Waals surface area contributed by atoms with Crippen LogP contribution in [0.2, 0.25) is 5.02 Å². The molecule has 0 aliphatic carbocycles. The van der Waals surface area contributed by atoms with Gasteiger partial charge < -0.3 is 10.1 Å². The van der Waals surface area contributed by atoms with Gasteiger partial charge in [-0.15, -0.1) is 0 Å². The van der Waals surface area contributed by atoms with Gasteiger partial charge in [0.2, 0.25) is 0 Å². The van der Waals surface area contributed by atoms with Crippen LogP contribution in [0.25, 0.3) is 0 Å². The highest BCUT2D eigenvalue weighted by Gasteiger charge is 2.09. The Hall–Kier alpha value is -2.02. The van der Waals surface area contributed by atoms with Crippen LogP contribution in [0.15, 0.2) is 36.4 Å². The molecule has 2 aromatic carbocycles. The fourth-order valence-electron chi connectivity index (χ4n) is 1.94. The van der Waals surface area contributed by atoms with E-state index in [-0.39, 0.29) is 0 Å². The van der Waals surface area contributed by atoms with Gasteiger partial charge in [-0.1, -0.05) is 30.7 Å². The average molecular weight is 301 g/mol. The highest BCUT2D eigenvalue weighted by atomic mass is 35.5. The minimum atomic E-state index is 0.502. The van der Waals surface area contributed by atoms with Crippen molar-refractivity contribution in [3.05, 3.63) is 58.1 Å². The van der Waals surface area contributed by atoms with Gasteiger partial charge in [0, 0.05) is 6.54 Å². The second kappa shape index (κ2) is 7.12. The van der Waals surface area contributed by atoms with E-state index >= 15 is 0 Å². The zero-order valence-corrected chi connectivity index (χ0v) is 12.9. The van der Waals surface area contributed by atoms with Crippen molar-refractivity contribution in [3.63, 3.8) is 0 Å². The molecular formula is C17H17ClN2O. The number of ether oxygens (including phenoxy) is 1. The summed E-state index contributed by atoms with van der Waals surface area (Å²) in [5.41, 5.74) is 2.62. The molecule has 2 aromatic rings. The number of aryl methyl sites for hydroxylation is 1. The molecule has 0 amide bonds. The van der Waals surface area contributed by atoms with Crippen LogP contribution in [0.4, 0.5) is 0 Å². The Balaban J connectivity index is 2.25. The number of nitrogens with zero attached hydrogens (tertiary/aromatic N) is 1. The van der Waals surface area contributed by atoms with Crippen LogP contribution in [-0.2, 0) is 6.54 Å². The Labute approximate surface area is 130 Å². The van der Waals surface area contributed by atoms with Crippen molar-refractivity contribution < 1.29 is 4.74 Å². The van der Waals surface area contributed by atoms with E-state index in [4.69, 9.17) is 16.3 Å². The molecule has 0 saturated carbocycles. The molecule has 4 heteroatoms. The molecule has 0 aromatic heterocycles. The molecule has 21 heavy (non-hydrogen) atoms. The van der Waals surface area contributed by atoms with Crippen LogP contribution < -0.4 is 10.1 Å². The zero-order chi connectivity index (χ0) is 15.2. The van der Waals surface area contributed by atoms with E-state index in [0.717, 1.165) is 24.2 Å². The van der Waals surface area contributed by atoms with Crippen LogP contribution in [0.5, 0.6) is 11.5 Å². The predicted octanol–water partition coefficient (Wildman–Crippen LogP) is 4.42. The van der Waals surface area contributed by atoms with Gasteiger partial charge in [0.25, 0.3) is 0 Å². The predicted molar refractivity (Wildman–Crippen MR) is 84.8 cm³/mol. The van der Waals surface area contributed by atoms with Gasteiger partial charge in [0.1, 0.15) is 17.6 Å². The Bertz CT molecular complexity index is 677. The summed E-state index contributed by atoms with van der Waals surface area (Å²) in [4.78, 5) is 0. The minimum Gasteiger partial charge on any atom is -0.454 e. The van der Waals surface area contributed by atoms with Crippen LogP contribution in [0, 0.1) is 18.3 Å². The molecular weight excluding hydrogens is 284 g/mol. The van der Waals surface area contributed by atoms with Crippen molar-refractivity contribution in [1.29, 1.82) is 5.26 Å². The van der Waals surface area contributed by atoms with Gasteiger partial charge in [-0.3, -0.25) is 0 Å². The quantitative estimate of drug-likeness (QED) is 0.889. The third-order valence-electron chi connectivity index (χ3n) is 3.05. The number of nitriles is 1. The van der Waals surface area contributed by atoms with Gasteiger partial charge in [-0.05, 0) is 48.9 Å². The Morgan fingerprint density at radius 2 is 1.95 bits per heavy atom. The van der Waals surface area contributed by atoms with Gasteiger partial charge in [0.15, 0.2) is 0 Å². The first-order valence-electron chi connectivity index (χ1n) is 6.81. The average Bonchev–Trinajstić information content (AvgIpc) is 2.48. The second-order valence-corrected chi connectivity index (χ2v) is 5.17. The third-order valence-corrected chi connectivity index (χ3v) is 3.35. The summed E-state index contributed by atoms with van der Waals surface area (Å²) < 4.78 is 5.77. The van der Waals surface area contributed by atoms with Crippen molar-refractivity contribution in [1.82, 2.24) is 5.32 Å². The summed E-state index contributed by atoms with van der Waals surface area (Å²) in [5.74, 6) is 1.07. The molecule has 0 unspecified atom stereocenters. The van der Waals surface area contributed by atoms with E-state index in [2.05, 4.69) is 11.4 Å². The SMILES string of the molecule is CCNCc1ccc(Oc2ccc(C)cc2Cl)c(C#N)c1. The zero-order valence-electron chi connectivity index (χ0n) is 12.1. The molecule has 0 bridgehead atoms. The van der Waals surface area contributed by atoms with E-state index < -0.39 is 0 Å². The third kappa shape index (κ3) is 3.98. The highest BCUT2D eigenvalue weighted by molar-refractivity contribution is 6.32. The standard InChI is InChI=1S/C17H17ClN2O/c1-3-20-11-13-5-7-16(14(9-13)10-19)21-17-6-4-12(2)8-15(17)18/h4-9,20H,3,11H2,1-2H3. The van der Waals surface area contributed by atoms with Crippen LogP contribution in [-0.4, -0.2) is 6.54 Å². The lowest BCUT2D eigenvalue weighted by atomic mass is 10.1. The van der Waals surface area contributed by atoms with E-state index in [0.29, 0.717) is 22.1 Å². The van der Waals surface area contributed by atoms with E-state index in [1.54, 1.807) is 6.07 Å². The second-order valence-electron chi connectivity index (χ2n) is 4.76. The lowest BCUT2D eigenvalue weighted by molar-refractivity contribution is 0.481. The largest absolute Gasteiger partial charge is 0.454 e. The summed E-state index contributed by atoms with van der Waals surface area (Å²) in [6.07, 6.45) is 0. The van der Waals surface area contributed by atoms with Crippen LogP contribution in [0.3, 0.4) is 0 Å². The first-order chi connectivity index (χ1) is 10.1. The molecule has 2 rings (SSSR count). The number of hydrogen-bond acceptors (Lipinski definition) is 3. The topological polar surface area (TPSA) is 45.0 Å². The van der Waals surface area contributed by atoms with Crippen molar-refractivity contribution in [2.24, 2.45) is 0 Å². The maximum Gasteiger partial charge on any atom is 0.146 e. The molecule has 0 aliphatic rings. The molecule has 0 saturated heterocycles. The molecule has 0 aliphatic heterocycles. The summed E-state index contributed by atoms with van der Waals surface area (Å²) in [6, 6.07) is 13.3. The number of hydrogen-bond donors (Lipinski definition) is 1. The molecule has 0 radical (unpaired) electrons. The molecule has 0 heterocycles. The van der Waals surface area contributed by atoms with Crippen molar-refractivity contribution in [3.8, 4) is 17.6 Å². The van der Waals surface area contributed by atoms with Gasteiger partial charge in [-0.25, -0.2) is 0 Å². The van der Waals surface area contributed by atoms with Crippen molar-refractivity contribution in [2.45, 2.75) is 20.4 Å². The Morgan fingerprint density at radius 1 is 1.19 bits per heavy atom. The highest BCUT2D eigenvalue weighted by Crippen LogP contribution is 2.32. The van der Waals surface area contributed by atoms with Gasteiger partial charge >= 0.3 is 0 Å². The lowest BCUT2D eigenvalue weighted by Crippen LogP contribution is -2.11. The smallest absolute Gasteiger partial charge is 0.146 e. The minimum absolute atomic E-state index is 0.502. The summed E-state index contributed by atoms with van der Waals surface area (Å²) in [6.45, 7) is 5.63. The maximum absolute atomic E-state index is 9.28. The number of nitrogens with one attached hydrogen (secondary N) is 1. The van der Waals surface area contributed by atoms with E-state index in [1.165, 1.54) is 0 Å². The van der Waals surface area contributed by atoms with Gasteiger partial charge in [-0.2, -0.15) is 5.26 Å². The molecule has 0 fully saturated rings. The molecule has 0 spiro atoms. The van der Waals surface area contributed by atoms with Gasteiger partial charge in [0.05, 0.1) is 10.6 Å². The number of benzene rings is 2. The Kier molecular flexibility index (Phi) is 5.21. The van der Waals surface area contributed by atoms with Crippen molar-refractivity contribution in [2.75, 3.05) is 6.54 Å². The number of halogens is 1.